The Labute approximate surface area is 192 Å². The fraction of sp³-hybridized carbons (Fsp3) is 0.375. The maximum absolute atomic E-state index is 13.3. The molecule has 0 radical (unpaired) electrons. The Morgan fingerprint density at radius 2 is 1.67 bits per heavy atom. The molecule has 0 saturated carbocycles. The van der Waals surface area contributed by atoms with E-state index in [0.717, 1.165) is 17.7 Å². The van der Waals surface area contributed by atoms with Gasteiger partial charge in [-0.05, 0) is 49.6 Å². The smallest absolute Gasteiger partial charge is 0.325 e. The van der Waals surface area contributed by atoms with Gasteiger partial charge in [0.15, 0.2) is 11.5 Å². The largest absolute Gasteiger partial charge is 0.490 e. The second-order valence-corrected chi connectivity index (χ2v) is 7.86. The second kappa shape index (κ2) is 10.3. The summed E-state index contributed by atoms with van der Waals surface area (Å²) in [6.45, 7) is 6.05. The molecular formula is C24H28FN3O5. The minimum absolute atomic E-state index is 0.422. The number of ether oxygens (including phenoxy) is 2. The highest BCUT2D eigenvalue weighted by Crippen LogP contribution is 2.32. The minimum atomic E-state index is -1.38. The van der Waals surface area contributed by atoms with E-state index in [2.05, 4.69) is 10.6 Å². The molecule has 2 aromatic rings. The van der Waals surface area contributed by atoms with Gasteiger partial charge in [-0.1, -0.05) is 26.0 Å². The molecule has 33 heavy (non-hydrogen) atoms. The van der Waals surface area contributed by atoms with Crippen LogP contribution in [0, 0.1) is 5.82 Å². The lowest BCUT2D eigenvalue weighted by Gasteiger charge is -2.22. The van der Waals surface area contributed by atoms with E-state index in [4.69, 9.17) is 9.47 Å². The topological polar surface area (TPSA) is 97.0 Å². The van der Waals surface area contributed by atoms with Crippen LogP contribution >= 0.6 is 0 Å². The Hall–Kier alpha value is -3.62. The van der Waals surface area contributed by atoms with E-state index in [1.165, 1.54) is 31.2 Å². The Bertz CT molecular complexity index is 1030. The highest BCUT2D eigenvalue weighted by molar-refractivity contribution is 6.10. The van der Waals surface area contributed by atoms with Crippen molar-refractivity contribution in [3.63, 3.8) is 0 Å². The van der Waals surface area contributed by atoms with E-state index < -0.39 is 35.7 Å². The number of halogens is 1. The lowest BCUT2D eigenvalue weighted by molar-refractivity contribution is -0.133. The van der Waals surface area contributed by atoms with Crippen LogP contribution in [0.2, 0.25) is 0 Å². The number of carbonyl (C=O) groups excluding carboxylic acids is 3. The van der Waals surface area contributed by atoms with Crippen molar-refractivity contribution in [1.29, 1.82) is 0 Å². The normalized spacial score (nSPS) is 17.6. The van der Waals surface area contributed by atoms with Crippen molar-refractivity contribution in [2.45, 2.75) is 39.2 Å². The standard InChI is InChI=1S/C24H28FN3O5/c1-4-12-32-19-11-10-18(14-20(19)33-13-5-2)26-21(29)15-28-22(30)24(3,27-23(28)31)16-6-8-17(25)9-7-16/h6-11,14H,4-5,12-13,15H2,1-3H3,(H,26,29)(H,27,31). The number of benzene rings is 2. The van der Waals surface area contributed by atoms with Crippen molar-refractivity contribution >= 4 is 23.5 Å². The Morgan fingerprint density at radius 1 is 1.03 bits per heavy atom. The van der Waals surface area contributed by atoms with Gasteiger partial charge in [0, 0.05) is 11.8 Å². The highest BCUT2D eigenvalue weighted by Gasteiger charge is 2.49. The van der Waals surface area contributed by atoms with E-state index in [9.17, 15) is 18.8 Å². The van der Waals surface area contributed by atoms with Crippen molar-refractivity contribution in [2.24, 2.45) is 0 Å². The van der Waals surface area contributed by atoms with E-state index >= 15 is 0 Å². The zero-order valence-corrected chi connectivity index (χ0v) is 18.9. The van der Waals surface area contributed by atoms with Crippen LogP contribution in [0.25, 0.3) is 0 Å². The van der Waals surface area contributed by atoms with E-state index in [-0.39, 0.29) is 0 Å². The summed E-state index contributed by atoms with van der Waals surface area (Å²) in [5.74, 6) is -0.520. The van der Waals surface area contributed by atoms with Gasteiger partial charge in [-0.25, -0.2) is 9.18 Å². The predicted molar refractivity (Wildman–Crippen MR) is 121 cm³/mol. The van der Waals surface area contributed by atoms with Crippen molar-refractivity contribution in [2.75, 3.05) is 25.1 Å². The van der Waals surface area contributed by atoms with Crippen molar-refractivity contribution in [1.82, 2.24) is 10.2 Å². The average molecular weight is 458 g/mol. The van der Waals surface area contributed by atoms with E-state index in [1.54, 1.807) is 18.2 Å². The fourth-order valence-electron chi connectivity index (χ4n) is 3.41. The SMILES string of the molecule is CCCOc1ccc(NC(=O)CN2C(=O)NC(C)(c3ccc(F)cc3)C2=O)cc1OCCC. The molecule has 0 spiro atoms. The lowest BCUT2D eigenvalue weighted by atomic mass is 9.92. The van der Waals surface area contributed by atoms with Gasteiger partial charge >= 0.3 is 6.03 Å². The first-order chi connectivity index (χ1) is 15.8. The third-order valence-electron chi connectivity index (χ3n) is 5.15. The first-order valence-corrected chi connectivity index (χ1v) is 10.9. The van der Waals surface area contributed by atoms with Gasteiger partial charge in [-0.2, -0.15) is 0 Å². The Morgan fingerprint density at radius 3 is 2.30 bits per heavy atom. The molecule has 0 bridgehead atoms. The van der Waals surface area contributed by atoms with Crippen LogP contribution in [-0.2, 0) is 15.1 Å². The lowest BCUT2D eigenvalue weighted by Crippen LogP contribution is -2.42. The number of nitrogens with zero attached hydrogens (tertiary/aromatic N) is 1. The van der Waals surface area contributed by atoms with Gasteiger partial charge in [-0.15, -0.1) is 0 Å². The summed E-state index contributed by atoms with van der Waals surface area (Å²) in [5, 5.41) is 5.28. The summed E-state index contributed by atoms with van der Waals surface area (Å²) >= 11 is 0. The first kappa shape index (κ1) is 24.0. The number of nitrogens with one attached hydrogen (secondary N) is 2. The molecular weight excluding hydrogens is 429 g/mol. The summed E-state index contributed by atoms with van der Waals surface area (Å²) in [6, 6.07) is 9.59. The van der Waals surface area contributed by atoms with Crippen LogP contribution in [-0.4, -0.2) is 42.5 Å². The van der Waals surface area contributed by atoms with Crippen LogP contribution in [0.5, 0.6) is 11.5 Å². The van der Waals surface area contributed by atoms with Crippen molar-refractivity contribution in [3.8, 4) is 11.5 Å². The third kappa shape index (κ3) is 5.42. The molecule has 1 fully saturated rings. The molecule has 176 valence electrons. The molecule has 1 aliphatic heterocycles. The highest BCUT2D eigenvalue weighted by atomic mass is 19.1. The number of rotatable bonds is 10. The van der Waals surface area contributed by atoms with Crippen LogP contribution < -0.4 is 20.1 Å². The molecule has 2 N–H and O–H groups in total. The van der Waals surface area contributed by atoms with E-state index in [1.807, 2.05) is 13.8 Å². The zero-order valence-electron chi connectivity index (χ0n) is 18.9. The Balaban J connectivity index is 1.70. The number of hydrogen-bond donors (Lipinski definition) is 2. The molecule has 2 aromatic carbocycles. The maximum Gasteiger partial charge on any atom is 0.325 e. The Kier molecular flexibility index (Phi) is 7.52. The van der Waals surface area contributed by atoms with Gasteiger partial charge in [0.1, 0.15) is 17.9 Å². The van der Waals surface area contributed by atoms with E-state index in [0.29, 0.717) is 36.0 Å². The number of amides is 4. The zero-order chi connectivity index (χ0) is 24.0. The molecule has 0 aromatic heterocycles. The third-order valence-corrected chi connectivity index (χ3v) is 5.15. The van der Waals surface area contributed by atoms with Crippen LogP contribution in [0.1, 0.15) is 39.2 Å². The summed E-state index contributed by atoms with van der Waals surface area (Å²) in [7, 11) is 0. The average Bonchev–Trinajstić information content (AvgIpc) is 3.01. The number of urea groups is 1. The molecule has 0 aliphatic carbocycles. The maximum atomic E-state index is 13.3. The molecule has 9 heteroatoms. The molecule has 4 amide bonds. The van der Waals surface area contributed by atoms with Gasteiger partial charge in [0.25, 0.3) is 5.91 Å². The molecule has 1 aliphatic rings. The molecule has 1 heterocycles. The van der Waals surface area contributed by atoms with Gasteiger partial charge in [0.2, 0.25) is 5.91 Å². The monoisotopic (exact) mass is 457 g/mol. The minimum Gasteiger partial charge on any atom is -0.490 e. The van der Waals surface area contributed by atoms with Crippen LogP contribution in [0.15, 0.2) is 42.5 Å². The van der Waals surface area contributed by atoms with Crippen molar-refractivity contribution < 1.29 is 28.2 Å². The van der Waals surface area contributed by atoms with Gasteiger partial charge in [-0.3, -0.25) is 14.5 Å². The fourth-order valence-corrected chi connectivity index (χ4v) is 3.41. The molecule has 1 atom stereocenters. The predicted octanol–water partition coefficient (Wildman–Crippen LogP) is 3.81. The second-order valence-electron chi connectivity index (χ2n) is 7.86. The summed E-state index contributed by atoms with van der Waals surface area (Å²) in [4.78, 5) is 38.9. The summed E-state index contributed by atoms with van der Waals surface area (Å²) < 4.78 is 24.7. The summed E-state index contributed by atoms with van der Waals surface area (Å²) in [5.41, 5.74) is -0.515. The molecule has 8 nitrogen and oxygen atoms in total. The molecule has 3 rings (SSSR count). The molecule has 1 saturated heterocycles. The summed E-state index contributed by atoms with van der Waals surface area (Å²) in [6.07, 6.45) is 1.65. The first-order valence-electron chi connectivity index (χ1n) is 10.9. The van der Waals surface area contributed by atoms with Gasteiger partial charge < -0.3 is 20.1 Å². The number of carbonyl (C=O) groups is 3. The quantitative estimate of drug-likeness (QED) is 0.529. The van der Waals surface area contributed by atoms with Crippen LogP contribution in [0.3, 0.4) is 0 Å². The van der Waals surface area contributed by atoms with Crippen molar-refractivity contribution in [3.05, 3.63) is 53.8 Å². The molecule has 1 unspecified atom stereocenters. The number of imide groups is 1. The van der Waals surface area contributed by atoms with Crippen LogP contribution in [0.4, 0.5) is 14.9 Å². The number of anilines is 1. The number of hydrogen-bond acceptors (Lipinski definition) is 5. The van der Waals surface area contributed by atoms with Gasteiger partial charge in [0.05, 0.1) is 13.2 Å².